The smallest absolute Gasteiger partial charge is 0.346 e. The van der Waals surface area contributed by atoms with E-state index in [0.717, 1.165) is 0 Å². The molecule has 0 saturated carbocycles. The van der Waals surface area contributed by atoms with Gasteiger partial charge in [-0.1, -0.05) is 0 Å². The highest BCUT2D eigenvalue weighted by molar-refractivity contribution is 7.98. The molecular weight excluding hydrogens is 280 g/mol. The van der Waals surface area contributed by atoms with E-state index in [9.17, 15) is 9.59 Å². The van der Waals surface area contributed by atoms with Crippen molar-refractivity contribution >= 4 is 17.7 Å². The van der Waals surface area contributed by atoms with E-state index >= 15 is 0 Å². The summed E-state index contributed by atoms with van der Waals surface area (Å²) in [5.74, 6) is 0.432. The second kappa shape index (κ2) is 6.33. The fourth-order valence-electron chi connectivity index (χ4n) is 1.71. The molecule has 0 saturated heterocycles. The normalized spacial score (nSPS) is 10.5. The number of aromatic nitrogens is 5. The van der Waals surface area contributed by atoms with Crippen molar-refractivity contribution in [1.82, 2.24) is 30.5 Å². The predicted octanol–water partition coefficient (Wildman–Crippen LogP) is -0.109. The molecule has 0 fully saturated rings. The SMILES string of the molecule is CSc1nc(=O)[nH]c(C)c1C(=O)NCCc1ncn[nH]1. The number of nitrogens with zero attached hydrogens (tertiary/aromatic N) is 3. The van der Waals surface area contributed by atoms with Crippen LogP contribution < -0.4 is 11.0 Å². The number of aryl methyl sites for hydroxylation is 1. The van der Waals surface area contributed by atoms with Crippen LogP contribution in [0.2, 0.25) is 0 Å². The Labute approximate surface area is 118 Å². The van der Waals surface area contributed by atoms with Gasteiger partial charge in [0.2, 0.25) is 0 Å². The minimum absolute atomic E-state index is 0.268. The Balaban J connectivity index is 2.07. The van der Waals surface area contributed by atoms with Crippen LogP contribution in [0.1, 0.15) is 21.9 Å². The molecule has 2 aromatic heterocycles. The molecule has 20 heavy (non-hydrogen) atoms. The maximum absolute atomic E-state index is 12.2. The van der Waals surface area contributed by atoms with Gasteiger partial charge in [0.25, 0.3) is 5.91 Å². The summed E-state index contributed by atoms with van der Waals surface area (Å²) in [7, 11) is 0. The average Bonchev–Trinajstić information content (AvgIpc) is 2.90. The van der Waals surface area contributed by atoms with Crippen LogP contribution in [0.5, 0.6) is 0 Å². The van der Waals surface area contributed by atoms with E-state index in [1.807, 2.05) is 0 Å². The van der Waals surface area contributed by atoms with Crippen molar-refractivity contribution in [2.24, 2.45) is 0 Å². The molecule has 2 heterocycles. The summed E-state index contributed by atoms with van der Waals surface area (Å²) in [5.41, 5.74) is 0.450. The van der Waals surface area contributed by atoms with Crippen LogP contribution in [0.25, 0.3) is 0 Å². The lowest BCUT2D eigenvalue weighted by molar-refractivity contribution is 0.0949. The van der Waals surface area contributed by atoms with Crippen LogP contribution in [-0.2, 0) is 6.42 Å². The third-order valence-electron chi connectivity index (χ3n) is 2.62. The molecule has 0 aromatic carbocycles. The van der Waals surface area contributed by atoms with Gasteiger partial charge in [-0.15, -0.1) is 11.8 Å². The molecular formula is C11H14N6O2S. The lowest BCUT2D eigenvalue weighted by atomic mass is 10.2. The number of hydrogen-bond acceptors (Lipinski definition) is 6. The number of rotatable bonds is 5. The summed E-state index contributed by atoms with van der Waals surface area (Å²) in [6.45, 7) is 2.09. The first-order chi connectivity index (χ1) is 9.61. The van der Waals surface area contributed by atoms with Crippen LogP contribution in [0.3, 0.4) is 0 Å². The van der Waals surface area contributed by atoms with Crippen LogP contribution in [-0.4, -0.2) is 43.9 Å². The highest BCUT2D eigenvalue weighted by Gasteiger charge is 2.16. The van der Waals surface area contributed by atoms with Crippen molar-refractivity contribution in [2.45, 2.75) is 18.4 Å². The van der Waals surface area contributed by atoms with E-state index in [2.05, 4.69) is 30.5 Å². The highest BCUT2D eigenvalue weighted by atomic mass is 32.2. The number of carbonyl (C=O) groups is 1. The van der Waals surface area contributed by atoms with Gasteiger partial charge in [-0.2, -0.15) is 10.1 Å². The van der Waals surface area contributed by atoms with E-state index < -0.39 is 5.69 Å². The molecule has 106 valence electrons. The van der Waals surface area contributed by atoms with Crippen LogP contribution >= 0.6 is 11.8 Å². The van der Waals surface area contributed by atoms with Crippen molar-refractivity contribution in [3.63, 3.8) is 0 Å². The molecule has 0 radical (unpaired) electrons. The van der Waals surface area contributed by atoms with E-state index in [1.165, 1.54) is 18.1 Å². The molecule has 0 unspecified atom stereocenters. The van der Waals surface area contributed by atoms with Gasteiger partial charge >= 0.3 is 5.69 Å². The summed E-state index contributed by atoms with van der Waals surface area (Å²) < 4.78 is 0. The third kappa shape index (κ3) is 3.23. The molecule has 0 bridgehead atoms. The largest absolute Gasteiger partial charge is 0.351 e. The van der Waals surface area contributed by atoms with Gasteiger partial charge in [-0.05, 0) is 13.2 Å². The Hall–Kier alpha value is -2.16. The van der Waals surface area contributed by atoms with E-state index in [1.54, 1.807) is 13.2 Å². The van der Waals surface area contributed by atoms with Gasteiger partial charge in [0.1, 0.15) is 17.2 Å². The second-order valence-electron chi connectivity index (χ2n) is 3.99. The second-order valence-corrected chi connectivity index (χ2v) is 4.78. The molecule has 8 nitrogen and oxygen atoms in total. The van der Waals surface area contributed by atoms with Gasteiger partial charge in [0.15, 0.2) is 0 Å². The number of amides is 1. The minimum Gasteiger partial charge on any atom is -0.351 e. The molecule has 0 aliphatic carbocycles. The molecule has 0 aliphatic rings. The third-order valence-corrected chi connectivity index (χ3v) is 3.30. The standard InChI is InChI=1S/C11H14N6O2S/c1-6-8(10(20-2)16-11(19)15-6)9(18)12-4-3-7-13-5-14-17-7/h5H,3-4H2,1-2H3,(H,12,18)(H,13,14,17)(H,15,16,19). The maximum atomic E-state index is 12.2. The van der Waals surface area contributed by atoms with Crippen LogP contribution in [0.15, 0.2) is 16.1 Å². The summed E-state index contributed by atoms with van der Waals surface area (Å²) in [4.78, 5) is 33.7. The summed E-state index contributed by atoms with van der Waals surface area (Å²) in [6.07, 6.45) is 3.74. The van der Waals surface area contributed by atoms with Gasteiger partial charge < -0.3 is 10.3 Å². The first-order valence-corrected chi connectivity index (χ1v) is 7.11. The molecule has 0 aliphatic heterocycles. The lowest BCUT2D eigenvalue weighted by Crippen LogP contribution is -2.29. The van der Waals surface area contributed by atoms with Crippen molar-refractivity contribution in [3.8, 4) is 0 Å². The fraction of sp³-hybridized carbons (Fsp3) is 0.364. The van der Waals surface area contributed by atoms with Crippen LogP contribution in [0, 0.1) is 6.92 Å². The topological polar surface area (TPSA) is 116 Å². The summed E-state index contributed by atoms with van der Waals surface area (Å²) >= 11 is 1.26. The highest BCUT2D eigenvalue weighted by Crippen LogP contribution is 2.17. The number of H-pyrrole nitrogens is 2. The van der Waals surface area contributed by atoms with Crippen molar-refractivity contribution in [3.05, 3.63) is 33.9 Å². The molecule has 2 aromatic rings. The van der Waals surface area contributed by atoms with Crippen molar-refractivity contribution < 1.29 is 4.79 Å². The van der Waals surface area contributed by atoms with Crippen molar-refractivity contribution in [2.75, 3.05) is 12.8 Å². The van der Waals surface area contributed by atoms with Gasteiger partial charge in [-0.25, -0.2) is 9.78 Å². The van der Waals surface area contributed by atoms with Crippen molar-refractivity contribution in [1.29, 1.82) is 0 Å². The summed E-state index contributed by atoms with van der Waals surface area (Å²) in [6, 6.07) is 0. The Morgan fingerprint density at radius 3 is 2.95 bits per heavy atom. The zero-order chi connectivity index (χ0) is 14.5. The average molecular weight is 294 g/mol. The first kappa shape index (κ1) is 14.3. The zero-order valence-corrected chi connectivity index (χ0v) is 11.9. The predicted molar refractivity (Wildman–Crippen MR) is 73.8 cm³/mol. The number of hydrogen-bond donors (Lipinski definition) is 3. The molecule has 3 N–H and O–H groups in total. The Morgan fingerprint density at radius 2 is 2.30 bits per heavy atom. The van der Waals surface area contributed by atoms with Gasteiger partial charge in [-0.3, -0.25) is 9.89 Å². The zero-order valence-electron chi connectivity index (χ0n) is 11.1. The lowest BCUT2D eigenvalue weighted by Gasteiger charge is -2.09. The molecule has 0 spiro atoms. The summed E-state index contributed by atoms with van der Waals surface area (Å²) in [5, 5.41) is 9.63. The maximum Gasteiger partial charge on any atom is 0.346 e. The number of carbonyl (C=O) groups excluding carboxylic acids is 1. The molecule has 1 amide bonds. The van der Waals surface area contributed by atoms with E-state index in [-0.39, 0.29) is 5.91 Å². The molecule has 2 rings (SSSR count). The van der Waals surface area contributed by atoms with E-state index in [0.29, 0.717) is 35.1 Å². The minimum atomic E-state index is -0.454. The Kier molecular flexibility index (Phi) is 4.51. The number of nitrogens with one attached hydrogen (secondary N) is 3. The fourth-order valence-corrected chi connectivity index (χ4v) is 2.33. The van der Waals surface area contributed by atoms with Crippen LogP contribution in [0.4, 0.5) is 0 Å². The quantitative estimate of drug-likeness (QED) is 0.523. The number of aromatic amines is 2. The van der Waals surface area contributed by atoms with Gasteiger partial charge in [0, 0.05) is 18.7 Å². The van der Waals surface area contributed by atoms with E-state index in [4.69, 9.17) is 0 Å². The molecule has 0 atom stereocenters. The number of thioether (sulfide) groups is 1. The van der Waals surface area contributed by atoms with Gasteiger partial charge in [0.05, 0.1) is 5.56 Å². The Morgan fingerprint density at radius 1 is 1.50 bits per heavy atom. The molecule has 9 heteroatoms. The monoisotopic (exact) mass is 294 g/mol. The Bertz CT molecular complexity index is 651. The first-order valence-electron chi connectivity index (χ1n) is 5.89.